The van der Waals surface area contributed by atoms with Gasteiger partial charge in [0.1, 0.15) is 12.4 Å². The number of fused-ring (bicyclic) bond motifs is 1. The molecule has 24 heavy (non-hydrogen) atoms. The second-order valence-electron chi connectivity index (χ2n) is 5.48. The van der Waals surface area contributed by atoms with Gasteiger partial charge in [0, 0.05) is 12.6 Å². The number of para-hydroxylation sites is 1. The van der Waals surface area contributed by atoms with Crippen LogP contribution in [0.1, 0.15) is 11.1 Å². The monoisotopic (exact) mass is 349 g/mol. The minimum absolute atomic E-state index is 0.107. The maximum Gasteiger partial charge on any atom is 0.240 e. The molecule has 3 rings (SSSR count). The van der Waals surface area contributed by atoms with E-state index in [9.17, 15) is 8.42 Å². The summed E-state index contributed by atoms with van der Waals surface area (Å²) in [5, 5.41) is 0. The van der Waals surface area contributed by atoms with E-state index in [1.165, 1.54) is 12.1 Å². The molecule has 0 amide bonds. The molecule has 7 heteroatoms. The molecule has 0 saturated heterocycles. The minimum atomic E-state index is -3.62. The molecule has 0 saturated carbocycles. The van der Waals surface area contributed by atoms with Gasteiger partial charge in [-0.15, -0.1) is 0 Å². The summed E-state index contributed by atoms with van der Waals surface area (Å²) in [4.78, 5) is 0.138. The summed E-state index contributed by atoms with van der Waals surface area (Å²) in [5.74, 6) is 1.77. The lowest BCUT2D eigenvalue weighted by molar-refractivity contribution is 0.174. The number of sulfonamides is 1. The fourth-order valence-corrected chi connectivity index (χ4v) is 3.51. The van der Waals surface area contributed by atoms with E-state index in [1.54, 1.807) is 6.07 Å². The van der Waals surface area contributed by atoms with Crippen LogP contribution in [-0.4, -0.2) is 28.4 Å². The summed E-state index contributed by atoms with van der Waals surface area (Å²) in [6.07, 6.45) is 0. The van der Waals surface area contributed by atoms with Crippen LogP contribution < -0.4 is 18.9 Å². The Labute approximate surface area is 141 Å². The largest absolute Gasteiger partial charge is 0.492 e. The molecular weight excluding hydrogens is 330 g/mol. The van der Waals surface area contributed by atoms with Crippen LogP contribution in [0.25, 0.3) is 0 Å². The quantitative estimate of drug-likeness (QED) is 0.811. The molecule has 1 heterocycles. The zero-order valence-corrected chi connectivity index (χ0v) is 14.4. The van der Waals surface area contributed by atoms with Gasteiger partial charge in [-0.1, -0.05) is 18.2 Å². The lowest BCUT2D eigenvalue weighted by Gasteiger charge is -2.12. The summed E-state index contributed by atoms with van der Waals surface area (Å²) in [6.45, 7) is 4.44. The SMILES string of the molecule is Cc1cccc(C)c1OCCNS(=O)(=O)c1ccc2c(c1)OCO2. The van der Waals surface area contributed by atoms with Crippen molar-refractivity contribution >= 4 is 10.0 Å². The summed E-state index contributed by atoms with van der Waals surface area (Å²) < 4.78 is 43.2. The lowest BCUT2D eigenvalue weighted by atomic mass is 10.1. The Balaban J connectivity index is 1.60. The Hall–Kier alpha value is -2.25. The maximum atomic E-state index is 12.3. The Kier molecular flexibility index (Phi) is 4.64. The van der Waals surface area contributed by atoms with Crippen molar-refractivity contribution in [1.29, 1.82) is 0 Å². The number of hydrogen-bond donors (Lipinski definition) is 1. The van der Waals surface area contributed by atoms with Crippen molar-refractivity contribution in [2.45, 2.75) is 18.7 Å². The first-order valence-corrected chi connectivity index (χ1v) is 9.04. The van der Waals surface area contributed by atoms with Crippen LogP contribution in [0.3, 0.4) is 0 Å². The Morgan fingerprint density at radius 2 is 1.79 bits per heavy atom. The van der Waals surface area contributed by atoms with Crippen molar-refractivity contribution in [1.82, 2.24) is 4.72 Å². The number of benzene rings is 2. The fraction of sp³-hybridized carbons (Fsp3) is 0.294. The molecule has 0 spiro atoms. The van der Waals surface area contributed by atoms with Crippen LogP contribution in [0.5, 0.6) is 17.2 Å². The second kappa shape index (κ2) is 6.70. The summed E-state index contributed by atoms with van der Waals surface area (Å²) in [6, 6.07) is 10.4. The zero-order chi connectivity index (χ0) is 17.2. The Morgan fingerprint density at radius 3 is 2.54 bits per heavy atom. The highest BCUT2D eigenvalue weighted by molar-refractivity contribution is 7.89. The number of ether oxygens (including phenoxy) is 3. The third kappa shape index (κ3) is 3.47. The van der Waals surface area contributed by atoms with Crippen LogP contribution in [0.4, 0.5) is 0 Å². The van der Waals surface area contributed by atoms with Gasteiger partial charge in [-0.05, 0) is 37.1 Å². The molecule has 2 aromatic carbocycles. The van der Waals surface area contributed by atoms with Gasteiger partial charge in [-0.25, -0.2) is 13.1 Å². The highest BCUT2D eigenvalue weighted by Crippen LogP contribution is 2.33. The predicted molar refractivity (Wildman–Crippen MR) is 89.2 cm³/mol. The standard InChI is InChI=1S/C17H19NO5S/c1-12-4-3-5-13(2)17(12)21-9-8-18-24(19,20)14-6-7-15-16(10-14)23-11-22-15/h3-7,10,18H,8-9,11H2,1-2H3. The number of rotatable bonds is 6. The average molecular weight is 349 g/mol. The predicted octanol–water partition coefficient (Wildman–Crippen LogP) is 2.39. The lowest BCUT2D eigenvalue weighted by Crippen LogP contribution is -2.28. The van der Waals surface area contributed by atoms with Crippen LogP contribution in [0, 0.1) is 13.8 Å². The van der Waals surface area contributed by atoms with Gasteiger partial charge >= 0.3 is 0 Å². The van der Waals surface area contributed by atoms with E-state index in [0.29, 0.717) is 11.5 Å². The van der Waals surface area contributed by atoms with Crippen molar-refractivity contribution in [3.63, 3.8) is 0 Å². The molecule has 0 aliphatic carbocycles. The number of aryl methyl sites for hydroxylation is 2. The highest BCUT2D eigenvalue weighted by Gasteiger charge is 2.20. The summed E-state index contributed by atoms with van der Waals surface area (Å²) >= 11 is 0. The van der Waals surface area contributed by atoms with Crippen LogP contribution in [0.15, 0.2) is 41.3 Å². The van der Waals surface area contributed by atoms with E-state index in [2.05, 4.69) is 4.72 Å². The van der Waals surface area contributed by atoms with Crippen molar-refractivity contribution in [2.75, 3.05) is 19.9 Å². The topological polar surface area (TPSA) is 73.9 Å². The Morgan fingerprint density at radius 1 is 1.08 bits per heavy atom. The Bertz CT molecular complexity index is 828. The molecule has 0 bridgehead atoms. The molecule has 0 fully saturated rings. The van der Waals surface area contributed by atoms with E-state index in [1.807, 2.05) is 32.0 Å². The van der Waals surface area contributed by atoms with Gasteiger partial charge < -0.3 is 14.2 Å². The molecule has 0 atom stereocenters. The van der Waals surface area contributed by atoms with Crippen LogP contribution >= 0.6 is 0 Å². The van der Waals surface area contributed by atoms with Gasteiger partial charge in [0.2, 0.25) is 16.8 Å². The number of nitrogens with one attached hydrogen (secondary N) is 1. The van der Waals surface area contributed by atoms with Gasteiger partial charge in [-0.2, -0.15) is 0 Å². The third-order valence-corrected chi connectivity index (χ3v) is 5.16. The smallest absolute Gasteiger partial charge is 0.240 e. The maximum absolute atomic E-state index is 12.3. The van der Waals surface area contributed by atoms with E-state index in [0.717, 1.165) is 16.9 Å². The van der Waals surface area contributed by atoms with Crippen molar-refractivity contribution in [3.8, 4) is 17.2 Å². The van der Waals surface area contributed by atoms with E-state index >= 15 is 0 Å². The van der Waals surface area contributed by atoms with E-state index < -0.39 is 10.0 Å². The van der Waals surface area contributed by atoms with E-state index in [4.69, 9.17) is 14.2 Å². The van der Waals surface area contributed by atoms with Gasteiger partial charge in [0.15, 0.2) is 11.5 Å². The molecule has 1 aliphatic heterocycles. The molecule has 0 radical (unpaired) electrons. The summed E-state index contributed by atoms with van der Waals surface area (Å²) in [7, 11) is -3.62. The van der Waals surface area contributed by atoms with Crippen molar-refractivity contribution < 1.29 is 22.6 Å². The van der Waals surface area contributed by atoms with Crippen molar-refractivity contribution in [2.24, 2.45) is 0 Å². The first-order chi connectivity index (χ1) is 11.5. The molecule has 1 aliphatic rings. The molecule has 6 nitrogen and oxygen atoms in total. The molecule has 0 aromatic heterocycles. The van der Waals surface area contributed by atoms with Gasteiger partial charge in [-0.3, -0.25) is 0 Å². The molecule has 128 valence electrons. The van der Waals surface area contributed by atoms with Crippen molar-refractivity contribution in [3.05, 3.63) is 47.5 Å². The fourth-order valence-electron chi connectivity index (χ4n) is 2.48. The molecule has 2 aromatic rings. The zero-order valence-electron chi connectivity index (χ0n) is 13.5. The highest BCUT2D eigenvalue weighted by atomic mass is 32.2. The average Bonchev–Trinajstić information content (AvgIpc) is 3.01. The first-order valence-electron chi connectivity index (χ1n) is 7.56. The minimum Gasteiger partial charge on any atom is -0.492 e. The number of hydrogen-bond acceptors (Lipinski definition) is 5. The van der Waals surface area contributed by atoms with Crippen LogP contribution in [0.2, 0.25) is 0 Å². The third-order valence-electron chi connectivity index (χ3n) is 3.70. The van der Waals surface area contributed by atoms with Crippen LogP contribution in [-0.2, 0) is 10.0 Å². The summed E-state index contributed by atoms with van der Waals surface area (Å²) in [5.41, 5.74) is 2.04. The normalized spacial score (nSPS) is 13.1. The van der Waals surface area contributed by atoms with E-state index in [-0.39, 0.29) is 24.8 Å². The van der Waals surface area contributed by atoms with Gasteiger partial charge in [0.25, 0.3) is 0 Å². The first kappa shape index (κ1) is 16.6. The molecule has 0 unspecified atom stereocenters. The molecule has 1 N–H and O–H groups in total. The molecular formula is C17H19NO5S. The second-order valence-corrected chi connectivity index (χ2v) is 7.25. The van der Waals surface area contributed by atoms with Gasteiger partial charge in [0.05, 0.1) is 4.90 Å².